The van der Waals surface area contributed by atoms with Gasteiger partial charge in [-0.05, 0) is 25.7 Å². The molecule has 2 fully saturated rings. The van der Waals surface area contributed by atoms with Crippen molar-refractivity contribution in [2.24, 2.45) is 5.41 Å². The number of amides is 2. The summed E-state index contributed by atoms with van der Waals surface area (Å²) >= 11 is 0. The van der Waals surface area contributed by atoms with Crippen molar-refractivity contribution in [1.29, 1.82) is 0 Å². The monoisotopic (exact) mass is 284 g/mol. The molecule has 0 spiro atoms. The number of aliphatic hydroxyl groups excluding tert-OH is 1. The molecule has 114 valence electrons. The molecule has 3 N–H and O–H groups in total. The fourth-order valence-electron chi connectivity index (χ4n) is 3.05. The maximum absolute atomic E-state index is 12.2. The molecule has 2 rings (SSSR count). The summed E-state index contributed by atoms with van der Waals surface area (Å²) in [6.45, 7) is 0.796. The van der Waals surface area contributed by atoms with Gasteiger partial charge in [0, 0.05) is 13.1 Å². The second-order valence-corrected chi connectivity index (χ2v) is 5.98. The van der Waals surface area contributed by atoms with Gasteiger partial charge in [-0.3, -0.25) is 4.79 Å². The average molecular weight is 284 g/mol. The van der Waals surface area contributed by atoms with Crippen molar-refractivity contribution in [3.63, 3.8) is 0 Å². The molecule has 6 nitrogen and oxygen atoms in total. The highest BCUT2D eigenvalue weighted by atomic mass is 16.4. The van der Waals surface area contributed by atoms with Gasteiger partial charge in [-0.1, -0.05) is 19.3 Å². The molecule has 1 aliphatic carbocycles. The fraction of sp³-hybridized carbons (Fsp3) is 0.857. The summed E-state index contributed by atoms with van der Waals surface area (Å²) in [6, 6.07) is -0.377. The van der Waals surface area contributed by atoms with Crippen LogP contribution in [-0.4, -0.2) is 52.9 Å². The third kappa shape index (κ3) is 3.06. The number of carboxylic acids is 1. The molecule has 1 heterocycles. The standard InChI is InChI=1S/C14H24N2O4/c17-9-11-5-2-1-3-8-16(11)13(20)15-10-14(12(18)19)6-4-7-14/h11,17H,1-10H2,(H,15,20)(H,18,19). The number of nitrogens with one attached hydrogen (secondary N) is 1. The Morgan fingerprint density at radius 1 is 1.20 bits per heavy atom. The molecule has 1 aliphatic heterocycles. The summed E-state index contributed by atoms with van der Waals surface area (Å²) in [5, 5.41) is 21.4. The van der Waals surface area contributed by atoms with Gasteiger partial charge in [0.15, 0.2) is 0 Å². The van der Waals surface area contributed by atoms with Crippen molar-refractivity contribution >= 4 is 12.0 Å². The molecule has 1 unspecified atom stereocenters. The molecule has 1 saturated heterocycles. The maximum Gasteiger partial charge on any atom is 0.317 e. The lowest BCUT2D eigenvalue weighted by atomic mass is 9.69. The van der Waals surface area contributed by atoms with E-state index in [9.17, 15) is 19.8 Å². The van der Waals surface area contributed by atoms with Crippen LogP contribution < -0.4 is 5.32 Å². The SMILES string of the molecule is O=C(NCC1(C(=O)O)CCC1)N1CCCCCC1CO. The first kappa shape index (κ1) is 15.1. The van der Waals surface area contributed by atoms with E-state index < -0.39 is 11.4 Å². The van der Waals surface area contributed by atoms with Gasteiger partial charge in [0.2, 0.25) is 0 Å². The molecular weight excluding hydrogens is 260 g/mol. The summed E-state index contributed by atoms with van der Waals surface area (Å²) < 4.78 is 0. The Kier molecular flexibility index (Phi) is 4.86. The largest absolute Gasteiger partial charge is 0.481 e. The molecule has 2 amide bonds. The first-order valence-electron chi connectivity index (χ1n) is 7.48. The zero-order valence-electron chi connectivity index (χ0n) is 11.8. The maximum atomic E-state index is 12.2. The first-order valence-corrected chi connectivity index (χ1v) is 7.48. The lowest BCUT2D eigenvalue weighted by Gasteiger charge is -2.38. The second-order valence-electron chi connectivity index (χ2n) is 5.98. The molecule has 20 heavy (non-hydrogen) atoms. The Hall–Kier alpha value is -1.30. The summed E-state index contributed by atoms with van der Waals surface area (Å²) in [4.78, 5) is 25.2. The minimum Gasteiger partial charge on any atom is -0.481 e. The van der Waals surface area contributed by atoms with Crippen LogP contribution in [0.2, 0.25) is 0 Å². The number of carbonyl (C=O) groups excluding carboxylic acids is 1. The van der Waals surface area contributed by atoms with E-state index in [2.05, 4.69) is 5.32 Å². The Bertz CT molecular complexity index is 368. The number of hydrogen-bond acceptors (Lipinski definition) is 3. The van der Waals surface area contributed by atoms with Crippen molar-refractivity contribution < 1.29 is 19.8 Å². The lowest BCUT2D eigenvalue weighted by Crippen LogP contribution is -2.53. The minimum atomic E-state index is -0.821. The van der Waals surface area contributed by atoms with E-state index in [4.69, 9.17) is 0 Å². The summed E-state index contributed by atoms with van der Waals surface area (Å²) in [5.74, 6) is -0.821. The number of hydrogen-bond donors (Lipinski definition) is 3. The molecule has 1 saturated carbocycles. The second kappa shape index (κ2) is 6.43. The summed E-state index contributed by atoms with van der Waals surface area (Å²) in [5.41, 5.74) is -0.768. The van der Waals surface area contributed by atoms with E-state index in [1.165, 1.54) is 0 Å². The van der Waals surface area contributed by atoms with Crippen molar-refractivity contribution in [3.05, 3.63) is 0 Å². The Labute approximate surface area is 119 Å². The van der Waals surface area contributed by atoms with Gasteiger partial charge >= 0.3 is 12.0 Å². The van der Waals surface area contributed by atoms with Gasteiger partial charge in [0.1, 0.15) is 0 Å². The molecule has 1 atom stereocenters. The number of aliphatic carboxylic acids is 1. The number of likely N-dealkylation sites (tertiary alicyclic amines) is 1. The van der Waals surface area contributed by atoms with Crippen LogP contribution in [0.25, 0.3) is 0 Å². The number of aliphatic hydroxyl groups is 1. The van der Waals surface area contributed by atoms with Crippen molar-refractivity contribution in [2.45, 2.75) is 51.0 Å². The van der Waals surface area contributed by atoms with Gasteiger partial charge in [-0.2, -0.15) is 0 Å². The number of nitrogens with zero attached hydrogens (tertiary/aromatic N) is 1. The van der Waals surface area contributed by atoms with Gasteiger partial charge in [0.05, 0.1) is 18.1 Å². The number of carboxylic acid groups (broad SMARTS) is 1. The topological polar surface area (TPSA) is 89.9 Å². The highest BCUT2D eigenvalue weighted by Crippen LogP contribution is 2.40. The zero-order valence-corrected chi connectivity index (χ0v) is 11.8. The van der Waals surface area contributed by atoms with E-state index in [0.717, 1.165) is 32.1 Å². The van der Waals surface area contributed by atoms with Crippen LogP contribution in [0.5, 0.6) is 0 Å². The van der Waals surface area contributed by atoms with Crippen molar-refractivity contribution in [2.75, 3.05) is 19.7 Å². The fourth-order valence-corrected chi connectivity index (χ4v) is 3.05. The van der Waals surface area contributed by atoms with Crippen molar-refractivity contribution in [1.82, 2.24) is 10.2 Å². The van der Waals surface area contributed by atoms with Crippen LogP contribution in [0.15, 0.2) is 0 Å². The molecular formula is C14H24N2O4. The number of urea groups is 1. The first-order chi connectivity index (χ1) is 9.59. The Balaban J connectivity index is 1.91. The zero-order chi connectivity index (χ0) is 14.6. The highest BCUT2D eigenvalue weighted by Gasteiger charge is 2.44. The van der Waals surface area contributed by atoms with E-state index in [1.807, 2.05) is 0 Å². The van der Waals surface area contributed by atoms with E-state index in [1.54, 1.807) is 4.90 Å². The summed E-state index contributed by atoms with van der Waals surface area (Å²) in [6.07, 6.45) is 6.01. The molecule has 0 aromatic carbocycles. The van der Waals surface area contributed by atoms with Gasteiger partial charge in [0.25, 0.3) is 0 Å². The average Bonchev–Trinajstić information content (AvgIpc) is 2.61. The Morgan fingerprint density at radius 2 is 1.95 bits per heavy atom. The van der Waals surface area contributed by atoms with Gasteiger partial charge < -0.3 is 20.4 Å². The molecule has 2 aliphatic rings. The number of rotatable bonds is 4. The van der Waals surface area contributed by atoms with Crippen LogP contribution in [-0.2, 0) is 4.79 Å². The lowest BCUT2D eigenvalue weighted by molar-refractivity contribution is -0.153. The molecule has 0 radical (unpaired) electrons. The Morgan fingerprint density at radius 3 is 2.50 bits per heavy atom. The van der Waals surface area contributed by atoms with Crippen LogP contribution in [0.1, 0.15) is 44.9 Å². The van der Waals surface area contributed by atoms with E-state index >= 15 is 0 Å². The van der Waals surface area contributed by atoms with Crippen molar-refractivity contribution in [3.8, 4) is 0 Å². The predicted octanol–water partition coefficient (Wildman–Crippen LogP) is 1.19. The molecule has 0 aromatic heterocycles. The normalized spacial score (nSPS) is 25.4. The van der Waals surface area contributed by atoms with E-state index in [0.29, 0.717) is 19.4 Å². The van der Waals surface area contributed by atoms with Crippen LogP contribution in [0.4, 0.5) is 4.79 Å². The highest BCUT2D eigenvalue weighted by molar-refractivity contribution is 5.79. The third-order valence-electron chi connectivity index (χ3n) is 4.69. The van der Waals surface area contributed by atoms with Gasteiger partial charge in [-0.15, -0.1) is 0 Å². The molecule has 6 heteroatoms. The third-order valence-corrected chi connectivity index (χ3v) is 4.69. The minimum absolute atomic E-state index is 0.0303. The van der Waals surface area contributed by atoms with E-state index in [-0.39, 0.29) is 25.2 Å². The van der Waals surface area contributed by atoms with Crippen LogP contribution in [0, 0.1) is 5.41 Å². The van der Waals surface area contributed by atoms with Crippen LogP contribution >= 0.6 is 0 Å². The molecule has 0 bridgehead atoms. The van der Waals surface area contributed by atoms with Crippen LogP contribution in [0.3, 0.4) is 0 Å². The predicted molar refractivity (Wildman–Crippen MR) is 73.4 cm³/mol. The summed E-state index contributed by atoms with van der Waals surface area (Å²) in [7, 11) is 0. The molecule has 0 aromatic rings. The quantitative estimate of drug-likeness (QED) is 0.723. The van der Waals surface area contributed by atoms with Gasteiger partial charge in [-0.25, -0.2) is 4.79 Å². The number of carbonyl (C=O) groups is 2. The smallest absolute Gasteiger partial charge is 0.317 e.